The summed E-state index contributed by atoms with van der Waals surface area (Å²) < 4.78 is 38.9. The van der Waals surface area contributed by atoms with Gasteiger partial charge in [0.15, 0.2) is 0 Å². The van der Waals surface area contributed by atoms with Gasteiger partial charge in [0.05, 0.1) is 5.56 Å². The number of rotatable bonds is 7. The maximum absolute atomic E-state index is 13.0. The van der Waals surface area contributed by atoms with Gasteiger partial charge in [-0.15, -0.1) is 0 Å². The van der Waals surface area contributed by atoms with Gasteiger partial charge in [-0.3, -0.25) is 9.78 Å². The van der Waals surface area contributed by atoms with Crippen molar-refractivity contribution in [1.82, 2.24) is 9.88 Å². The SMILES string of the molecule is C.O=C(CCCC1CCN(c2ccc(Cl)cc2)CC1)N1CCC[C@H](Cc2cncc(C(F)(F)F)c2)C1. The summed E-state index contributed by atoms with van der Waals surface area (Å²) in [6.45, 7) is 3.42. The average Bonchev–Trinajstić information content (AvgIpc) is 2.85. The fraction of sp³-hybridized carbons (Fsp3) is 0.571. The number of benzene rings is 1. The topological polar surface area (TPSA) is 36.4 Å². The minimum Gasteiger partial charge on any atom is -0.372 e. The Morgan fingerprint density at radius 1 is 1.03 bits per heavy atom. The molecule has 2 saturated heterocycles. The first-order valence-corrected chi connectivity index (χ1v) is 12.9. The number of carbonyl (C=O) groups is 1. The van der Waals surface area contributed by atoms with Crippen LogP contribution in [-0.2, 0) is 17.4 Å². The van der Waals surface area contributed by atoms with Crippen molar-refractivity contribution < 1.29 is 18.0 Å². The predicted octanol–water partition coefficient (Wildman–Crippen LogP) is 7.26. The highest BCUT2D eigenvalue weighted by molar-refractivity contribution is 6.30. The molecule has 1 aromatic carbocycles. The van der Waals surface area contributed by atoms with Crippen molar-refractivity contribution >= 4 is 23.2 Å². The van der Waals surface area contributed by atoms with Crippen LogP contribution < -0.4 is 4.90 Å². The quantitative estimate of drug-likeness (QED) is 0.383. The number of alkyl halides is 3. The second-order valence-electron chi connectivity index (χ2n) is 9.93. The maximum Gasteiger partial charge on any atom is 0.417 e. The first kappa shape index (κ1) is 28.3. The molecular weight excluding hydrogens is 487 g/mol. The molecule has 36 heavy (non-hydrogen) atoms. The summed E-state index contributed by atoms with van der Waals surface area (Å²) in [6.07, 6.45) is 5.10. The Balaban J connectivity index is 0.00000361. The van der Waals surface area contributed by atoms with Crippen LogP contribution in [0, 0.1) is 11.8 Å². The lowest BCUT2D eigenvalue weighted by Gasteiger charge is -2.34. The van der Waals surface area contributed by atoms with Crippen molar-refractivity contribution in [3.05, 3.63) is 58.9 Å². The highest BCUT2D eigenvalue weighted by Crippen LogP contribution is 2.31. The third-order valence-corrected chi connectivity index (χ3v) is 7.58. The molecule has 2 fully saturated rings. The molecule has 2 aliphatic heterocycles. The first-order chi connectivity index (χ1) is 16.8. The fourth-order valence-electron chi connectivity index (χ4n) is 5.38. The monoisotopic (exact) mass is 523 g/mol. The number of hydrogen-bond donors (Lipinski definition) is 0. The van der Waals surface area contributed by atoms with Crippen molar-refractivity contribution in [1.29, 1.82) is 0 Å². The van der Waals surface area contributed by atoms with Crippen LogP contribution in [0.15, 0.2) is 42.7 Å². The molecule has 8 heteroatoms. The van der Waals surface area contributed by atoms with Crippen LogP contribution in [0.25, 0.3) is 0 Å². The minimum atomic E-state index is -4.38. The number of halogens is 4. The number of pyridine rings is 1. The van der Waals surface area contributed by atoms with Gasteiger partial charge in [-0.05, 0) is 92.7 Å². The van der Waals surface area contributed by atoms with E-state index >= 15 is 0 Å². The van der Waals surface area contributed by atoms with Crippen LogP contribution in [0.5, 0.6) is 0 Å². The number of anilines is 1. The molecule has 0 unspecified atom stereocenters. The molecule has 4 nitrogen and oxygen atoms in total. The van der Waals surface area contributed by atoms with E-state index in [1.807, 2.05) is 17.0 Å². The third-order valence-electron chi connectivity index (χ3n) is 7.33. The van der Waals surface area contributed by atoms with E-state index in [9.17, 15) is 18.0 Å². The Kier molecular flexibility index (Phi) is 10.1. The number of likely N-dealkylation sites (tertiary alicyclic amines) is 1. The van der Waals surface area contributed by atoms with Gasteiger partial charge in [0, 0.05) is 55.7 Å². The summed E-state index contributed by atoms with van der Waals surface area (Å²) in [5.74, 6) is 1.000. The van der Waals surface area contributed by atoms with Gasteiger partial charge in [-0.25, -0.2) is 0 Å². The van der Waals surface area contributed by atoms with E-state index in [4.69, 9.17) is 11.6 Å². The Bertz CT molecular complexity index is 975. The Labute approximate surface area is 217 Å². The van der Waals surface area contributed by atoms with Crippen LogP contribution in [0.1, 0.15) is 63.5 Å². The molecule has 1 aromatic heterocycles. The lowest BCUT2D eigenvalue weighted by atomic mass is 9.90. The van der Waals surface area contributed by atoms with Crippen molar-refractivity contribution in [2.45, 2.75) is 65.0 Å². The highest BCUT2D eigenvalue weighted by atomic mass is 35.5. The number of nitrogens with zero attached hydrogens (tertiary/aromatic N) is 3. The van der Waals surface area contributed by atoms with E-state index < -0.39 is 11.7 Å². The summed E-state index contributed by atoms with van der Waals surface area (Å²) in [6, 6.07) is 9.17. The summed E-state index contributed by atoms with van der Waals surface area (Å²) in [4.78, 5) is 20.9. The third kappa shape index (κ3) is 7.86. The molecule has 1 atom stereocenters. The van der Waals surface area contributed by atoms with Crippen LogP contribution >= 0.6 is 11.6 Å². The molecule has 0 bridgehead atoms. The predicted molar refractivity (Wildman–Crippen MR) is 139 cm³/mol. The number of aromatic nitrogens is 1. The lowest BCUT2D eigenvalue weighted by molar-refractivity contribution is -0.137. The number of carbonyl (C=O) groups excluding carboxylic acids is 1. The normalized spacial score (nSPS) is 19.2. The van der Waals surface area contributed by atoms with Crippen molar-refractivity contribution in [2.75, 3.05) is 31.1 Å². The second-order valence-corrected chi connectivity index (χ2v) is 10.4. The summed E-state index contributed by atoms with van der Waals surface area (Å²) >= 11 is 5.99. The zero-order chi connectivity index (χ0) is 24.8. The van der Waals surface area contributed by atoms with E-state index in [0.717, 1.165) is 69.4 Å². The van der Waals surface area contributed by atoms with E-state index in [2.05, 4.69) is 22.0 Å². The van der Waals surface area contributed by atoms with Crippen molar-refractivity contribution in [3.63, 3.8) is 0 Å². The molecule has 0 aliphatic carbocycles. The molecule has 0 spiro atoms. The minimum absolute atomic E-state index is 0. The average molecular weight is 524 g/mol. The Morgan fingerprint density at radius 2 is 1.75 bits per heavy atom. The molecule has 198 valence electrons. The molecule has 3 heterocycles. The van der Waals surface area contributed by atoms with Gasteiger partial charge < -0.3 is 9.80 Å². The van der Waals surface area contributed by atoms with Gasteiger partial charge in [0.1, 0.15) is 0 Å². The van der Waals surface area contributed by atoms with Crippen LogP contribution in [-0.4, -0.2) is 42.0 Å². The Hall–Kier alpha value is -2.28. The van der Waals surface area contributed by atoms with Crippen LogP contribution in [0.4, 0.5) is 18.9 Å². The van der Waals surface area contributed by atoms with E-state index in [1.165, 1.54) is 18.0 Å². The molecule has 0 radical (unpaired) electrons. The molecule has 1 amide bonds. The summed E-state index contributed by atoms with van der Waals surface area (Å²) in [7, 11) is 0. The van der Waals surface area contributed by atoms with Crippen molar-refractivity contribution in [2.24, 2.45) is 11.8 Å². The maximum atomic E-state index is 13.0. The van der Waals surface area contributed by atoms with E-state index in [-0.39, 0.29) is 19.3 Å². The molecule has 2 aromatic rings. The number of piperidine rings is 2. The van der Waals surface area contributed by atoms with E-state index in [1.54, 1.807) is 0 Å². The number of hydrogen-bond acceptors (Lipinski definition) is 3. The molecular formula is C28H37ClF3N3O. The zero-order valence-corrected chi connectivity index (χ0v) is 20.7. The summed E-state index contributed by atoms with van der Waals surface area (Å²) in [5, 5.41) is 0.751. The highest BCUT2D eigenvalue weighted by Gasteiger charge is 2.31. The Morgan fingerprint density at radius 3 is 2.44 bits per heavy atom. The molecule has 0 saturated carbocycles. The first-order valence-electron chi connectivity index (χ1n) is 12.6. The van der Waals surface area contributed by atoms with Crippen LogP contribution in [0.2, 0.25) is 5.02 Å². The van der Waals surface area contributed by atoms with Gasteiger partial charge in [0.2, 0.25) is 5.91 Å². The van der Waals surface area contributed by atoms with Crippen LogP contribution in [0.3, 0.4) is 0 Å². The molecule has 4 rings (SSSR count). The second kappa shape index (κ2) is 12.8. The fourth-order valence-corrected chi connectivity index (χ4v) is 5.50. The molecule has 0 N–H and O–H groups in total. The van der Waals surface area contributed by atoms with Gasteiger partial charge in [-0.2, -0.15) is 13.2 Å². The van der Waals surface area contributed by atoms with E-state index in [0.29, 0.717) is 30.9 Å². The smallest absolute Gasteiger partial charge is 0.372 e. The van der Waals surface area contributed by atoms with Gasteiger partial charge in [0.25, 0.3) is 0 Å². The van der Waals surface area contributed by atoms with Gasteiger partial charge >= 0.3 is 6.18 Å². The number of amides is 1. The van der Waals surface area contributed by atoms with Crippen molar-refractivity contribution in [3.8, 4) is 0 Å². The standard InChI is InChI=1S/C27H33ClF3N3O.CH4/c28-24-6-8-25(9-7-24)33-13-10-20(11-14-33)3-1-5-26(35)34-12-2-4-21(19-34)15-22-16-23(18-32-17-22)27(29,30)31;/h6-9,16-18,20-21H,1-5,10-15,19H2;1H4/t21-;/m1./s1. The van der Waals surface area contributed by atoms with Gasteiger partial charge in [-0.1, -0.05) is 19.0 Å². The summed E-state index contributed by atoms with van der Waals surface area (Å²) in [5.41, 5.74) is 1.09. The largest absolute Gasteiger partial charge is 0.417 e. The lowest BCUT2D eigenvalue weighted by Crippen LogP contribution is -2.40. The zero-order valence-electron chi connectivity index (χ0n) is 19.9. The molecule has 2 aliphatic rings.